The zero-order chi connectivity index (χ0) is 9.30. The van der Waals surface area contributed by atoms with Gasteiger partial charge < -0.3 is 21.1 Å². The van der Waals surface area contributed by atoms with E-state index in [9.17, 15) is 9.90 Å². The average Bonchev–Trinajstić information content (AvgIpc) is 2.00. The van der Waals surface area contributed by atoms with Gasteiger partial charge in [-0.2, -0.15) is 0 Å². The lowest BCUT2D eigenvalue weighted by Gasteiger charge is -2.26. The summed E-state index contributed by atoms with van der Waals surface area (Å²) in [5.41, 5.74) is 5.18. The number of hydrogen-bond acceptors (Lipinski definition) is 5. The minimum atomic E-state index is -1.36. The lowest BCUT2D eigenvalue weighted by Crippen LogP contribution is -2.50. The van der Waals surface area contributed by atoms with Crippen LogP contribution in [0.25, 0.3) is 0 Å². The quantitative estimate of drug-likeness (QED) is 0.359. The number of aliphatic imine (C=N–C) groups is 1. The predicted molar refractivity (Wildman–Crippen MR) is 39.6 cm³/mol. The summed E-state index contributed by atoms with van der Waals surface area (Å²) in [5, 5.41) is 26.8. The Balaban J connectivity index is 2.80. The van der Waals surface area contributed by atoms with Gasteiger partial charge in [0.25, 0.3) is 0 Å². The third kappa shape index (κ3) is 1.39. The van der Waals surface area contributed by atoms with Gasteiger partial charge in [-0.3, -0.25) is 9.79 Å². The van der Waals surface area contributed by atoms with Crippen LogP contribution in [0.15, 0.2) is 4.99 Å². The minimum absolute atomic E-state index is 0.0839. The summed E-state index contributed by atoms with van der Waals surface area (Å²) in [7, 11) is 0. The molecular formula is C6H10N2O4. The third-order valence-electron chi connectivity index (χ3n) is 1.83. The van der Waals surface area contributed by atoms with Gasteiger partial charge in [0.05, 0.1) is 6.54 Å². The molecule has 0 radical (unpaired) electrons. The summed E-state index contributed by atoms with van der Waals surface area (Å²) in [6, 6.07) is 0. The van der Waals surface area contributed by atoms with Crippen LogP contribution in [0.1, 0.15) is 0 Å². The second-order valence-corrected chi connectivity index (χ2v) is 2.65. The first-order valence-electron chi connectivity index (χ1n) is 3.42. The fourth-order valence-corrected chi connectivity index (χ4v) is 1.02. The topological polar surface area (TPSA) is 116 Å². The number of nitrogens with two attached hydrogens (primary N) is 1. The first kappa shape index (κ1) is 8.95. The van der Waals surface area contributed by atoms with E-state index in [0.717, 1.165) is 0 Å². The van der Waals surface area contributed by atoms with Crippen LogP contribution in [-0.2, 0) is 4.79 Å². The lowest BCUT2D eigenvalue weighted by molar-refractivity contribution is -0.147. The lowest BCUT2D eigenvalue weighted by atomic mass is 9.95. The van der Waals surface area contributed by atoms with E-state index >= 15 is 0 Å². The van der Waals surface area contributed by atoms with E-state index in [1.165, 1.54) is 0 Å². The molecule has 0 fully saturated rings. The van der Waals surface area contributed by atoms with Crippen molar-refractivity contribution in [3.63, 3.8) is 0 Å². The predicted octanol–water partition coefficient (Wildman–Crippen LogP) is -2.22. The van der Waals surface area contributed by atoms with Gasteiger partial charge in [0, 0.05) is 0 Å². The van der Waals surface area contributed by atoms with Gasteiger partial charge in [0.2, 0.25) is 0 Å². The Bertz CT molecular complexity index is 228. The molecule has 1 aliphatic rings. The first-order chi connectivity index (χ1) is 5.54. The van der Waals surface area contributed by atoms with E-state index < -0.39 is 24.1 Å². The zero-order valence-electron chi connectivity index (χ0n) is 6.21. The number of hydrogen-bond donors (Lipinski definition) is 4. The molecular weight excluding hydrogens is 164 g/mol. The van der Waals surface area contributed by atoms with Crippen molar-refractivity contribution in [2.24, 2.45) is 16.6 Å². The van der Waals surface area contributed by atoms with Crippen LogP contribution >= 0.6 is 0 Å². The Morgan fingerprint density at radius 1 is 1.58 bits per heavy atom. The molecule has 1 heterocycles. The zero-order valence-corrected chi connectivity index (χ0v) is 6.21. The number of amidine groups is 1. The molecule has 12 heavy (non-hydrogen) atoms. The Labute approximate surface area is 68.3 Å². The van der Waals surface area contributed by atoms with E-state index in [2.05, 4.69) is 4.99 Å². The van der Waals surface area contributed by atoms with Crippen molar-refractivity contribution < 1.29 is 20.1 Å². The Morgan fingerprint density at radius 2 is 2.17 bits per heavy atom. The number of rotatable bonds is 1. The molecule has 0 spiro atoms. The van der Waals surface area contributed by atoms with Gasteiger partial charge in [-0.05, 0) is 0 Å². The fourth-order valence-electron chi connectivity index (χ4n) is 1.02. The molecule has 3 atom stereocenters. The number of nitrogens with zero attached hydrogens (tertiary/aromatic N) is 1. The molecule has 6 heteroatoms. The van der Waals surface area contributed by atoms with Crippen LogP contribution in [0.3, 0.4) is 0 Å². The molecule has 0 saturated heterocycles. The van der Waals surface area contributed by atoms with Crippen molar-refractivity contribution >= 4 is 11.8 Å². The highest BCUT2D eigenvalue weighted by Crippen LogP contribution is 2.14. The number of aliphatic hydroxyl groups is 2. The van der Waals surface area contributed by atoms with Crippen molar-refractivity contribution in [3.8, 4) is 0 Å². The summed E-state index contributed by atoms with van der Waals surface area (Å²) in [6.45, 7) is -0.0839. The Hall–Kier alpha value is -1.14. The fraction of sp³-hybridized carbons (Fsp3) is 0.667. The highest BCUT2D eigenvalue weighted by atomic mass is 16.4. The van der Waals surface area contributed by atoms with Gasteiger partial charge in [0.15, 0.2) is 0 Å². The van der Waals surface area contributed by atoms with Crippen LogP contribution in [0.4, 0.5) is 0 Å². The van der Waals surface area contributed by atoms with Crippen molar-refractivity contribution in [2.75, 3.05) is 6.54 Å². The van der Waals surface area contributed by atoms with Crippen LogP contribution in [0, 0.1) is 5.92 Å². The maximum Gasteiger partial charge on any atom is 0.311 e. The highest BCUT2D eigenvalue weighted by molar-refractivity contribution is 5.87. The SMILES string of the molecule is NC1=NC[C@H](C(=O)O)[C@@H](O)[C@@H]1O. The molecule has 0 aromatic carbocycles. The van der Waals surface area contributed by atoms with Crippen molar-refractivity contribution in [1.29, 1.82) is 0 Å². The van der Waals surface area contributed by atoms with Gasteiger partial charge in [-0.1, -0.05) is 0 Å². The van der Waals surface area contributed by atoms with Gasteiger partial charge in [-0.15, -0.1) is 0 Å². The maximum absolute atomic E-state index is 10.4. The normalized spacial score (nSPS) is 35.8. The smallest absolute Gasteiger partial charge is 0.311 e. The summed E-state index contributed by atoms with van der Waals surface area (Å²) >= 11 is 0. The summed E-state index contributed by atoms with van der Waals surface area (Å²) < 4.78 is 0. The number of aliphatic hydroxyl groups excluding tert-OH is 2. The molecule has 0 aromatic rings. The monoisotopic (exact) mass is 174 g/mol. The third-order valence-corrected chi connectivity index (χ3v) is 1.83. The van der Waals surface area contributed by atoms with Crippen LogP contribution in [-0.4, -0.2) is 45.9 Å². The van der Waals surface area contributed by atoms with Crippen molar-refractivity contribution in [3.05, 3.63) is 0 Å². The van der Waals surface area contributed by atoms with Crippen LogP contribution < -0.4 is 5.73 Å². The number of aliphatic carboxylic acids is 1. The molecule has 0 aliphatic carbocycles. The Morgan fingerprint density at radius 3 is 2.67 bits per heavy atom. The molecule has 0 unspecified atom stereocenters. The molecule has 1 rings (SSSR count). The van der Waals surface area contributed by atoms with Crippen LogP contribution in [0.5, 0.6) is 0 Å². The summed E-state index contributed by atoms with van der Waals surface area (Å²) in [5.74, 6) is -2.36. The minimum Gasteiger partial charge on any atom is -0.481 e. The highest BCUT2D eigenvalue weighted by Gasteiger charge is 2.36. The largest absolute Gasteiger partial charge is 0.481 e. The Kier molecular flexibility index (Phi) is 2.30. The van der Waals surface area contributed by atoms with Gasteiger partial charge >= 0.3 is 5.97 Å². The van der Waals surface area contributed by atoms with Gasteiger partial charge in [0.1, 0.15) is 24.0 Å². The number of carbonyl (C=O) groups is 1. The van der Waals surface area contributed by atoms with E-state index in [4.69, 9.17) is 15.9 Å². The molecule has 5 N–H and O–H groups in total. The molecule has 0 aromatic heterocycles. The molecule has 0 bridgehead atoms. The van der Waals surface area contributed by atoms with E-state index in [-0.39, 0.29) is 12.4 Å². The van der Waals surface area contributed by atoms with E-state index in [1.54, 1.807) is 0 Å². The average molecular weight is 174 g/mol. The molecule has 0 amide bonds. The summed E-state index contributed by atoms with van der Waals surface area (Å²) in [4.78, 5) is 14.0. The number of carboxylic acid groups (broad SMARTS) is 1. The molecule has 6 nitrogen and oxygen atoms in total. The number of carboxylic acids is 1. The van der Waals surface area contributed by atoms with E-state index in [1.807, 2.05) is 0 Å². The maximum atomic E-state index is 10.4. The van der Waals surface area contributed by atoms with Gasteiger partial charge in [-0.25, -0.2) is 0 Å². The van der Waals surface area contributed by atoms with Crippen molar-refractivity contribution in [2.45, 2.75) is 12.2 Å². The standard InChI is InChI=1S/C6H10N2O4/c7-5-4(10)3(9)2(1-8-5)6(11)12/h2-4,9-10H,1H2,(H2,7,8)(H,11,12)/t2-,3+,4-/m0/s1. The van der Waals surface area contributed by atoms with Crippen molar-refractivity contribution in [1.82, 2.24) is 0 Å². The second-order valence-electron chi connectivity index (χ2n) is 2.65. The molecule has 1 aliphatic heterocycles. The summed E-state index contributed by atoms with van der Waals surface area (Å²) in [6.07, 6.45) is -2.72. The molecule has 0 saturated carbocycles. The first-order valence-corrected chi connectivity index (χ1v) is 3.42. The second kappa shape index (κ2) is 3.08. The molecule has 68 valence electrons. The van der Waals surface area contributed by atoms with E-state index in [0.29, 0.717) is 0 Å². The van der Waals surface area contributed by atoms with Crippen LogP contribution in [0.2, 0.25) is 0 Å².